The molecule has 0 unspecified atom stereocenters. The molecule has 3 aromatic rings. The number of aromatic nitrogens is 1. The molecule has 3 amide bonds. The van der Waals surface area contributed by atoms with Crippen molar-refractivity contribution >= 4 is 40.7 Å². The van der Waals surface area contributed by atoms with Gasteiger partial charge in [0.25, 0.3) is 5.91 Å². The number of nitrogens with one attached hydrogen (secondary N) is 2. The second-order valence-electron chi connectivity index (χ2n) is 9.50. The lowest BCUT2D eigenvalue weighted by Crippen LogP contribution is -2.53. The number of carboxylic acids is 1. The van der Waals surface area contributed by atoms with Crippen LogP contribution in [0.3, 0.4) is 0 Å². The van der Waals surface area contributed by atoms with Crippen LogP contribution in [-0.2, 0) is 25.7 Å². The molecule has 0 saturated carbocycles. The molecule has 0 radical (unpaired) electrons. The third-order valence-corrected chi connectivity index (χ3v) is 6.15. The Morgan fingerprint density at radius 3 is 2.33 bits per heavy atom. The third-order valence-electron chi connectivity index (χ3n) is 6.15. The summed E-state index contributed by atoms with van der Waals surface area (Å²) in [5.41, 5.74) is 0.951. The Morgan fingerprint density at radius 1 is 0.974 bits per heavy atom. The zero-order valence-corrected chi connectivity index (χ0v) is 21.9. The molecule has 0 saturated heterocycles. The molecule has 0 bridgehead atoms. The van der Waals surface area contributed by atoms with E-state index in [1.54, 1.807) is 44.2 Å². The van der Waals surface area contributed by atoms with Crippen LogP contribution in [0, 0.1) is 5.92 Å². The summed E-state index contributed by atoms with van der Waals surface area (Å²) < 4.78 is 0. The zero-order valence-electron chi connectivity index (χ0n) is 21.9. The standard InChI is InChI=1S/C29H32N4O6/c1-19(2)26(32-28(38)27-23-11-7-6-10-21(23)14-15-30-27)29(39)33(16-20-8-4-3-5-9-20)17-24(35)31-22(18-34)12-13-25(36)37/h3-11,14-15,18-19,22,26H,12-13,16-17H2,1-2H3,(H,31,35)(H,32,38)(H,36,37)/t22-,26+/m1/s1. The molecule has 0 fully saturated rings. The van der Waals surface area contributed by atoms with Gasteiger partial charge >= 0.3 is 5.97 Å². The van der Waals surface area contributed by atoms with Crippen LogP contribution in [-0.4, -0.2) is 63.6 Å². The van der Waals surface area contributed by atoms with Gasteiger partial charge in [-0.25, -0.2) is 0 Å². The minimum atomic E-state index is -1.09. The fourth-order valence-corrected chi connectivity index (χ4v) is 4.11. The number of benzene rings is 2. The van der Waals surface area contributed by atoms with Crippen molar-refractivity contribution in [3.63, 3.8) is 0 Å². The van der Waals surface area contributed by atoms with Gasteiger partial charge in [-0.15, -0.1) is 0 Å². The van der Waals surface area contributed by atoms with Crippen molar-refractivity contribution in [2.45, 2.75) is 45.3 Å². The first-order valence-electron chi connectivity index (χ1n) is 12.6. The number of amides is 3. The number of hydrogen-bond acceptors (Lipinski definition) is 6. The van der Waals surface area contributed by atoms with Crippen molar-refractivity contribution in [3.05, 3.63) is 78.1 Å². The maximum atomic E-state index is 13.8. The van der Waals surface area contributed by atoms with Crippen LogP contribution < -0.4 is 10.6 Å². The van der Waals surface area contributed by atoms with E-state index >= 15 is 0 Å². The largest absolute Gasteiger partial charge is 0.481 e. The Bertz CT molecular complexity index is 1320. The van der Waals surface area contributed by atoms with Gasteiger partial charge in [0.15, 0.2) is 0 Å². The van der Waals surface area contributed by atoms with Crippen LogP contribution in [0.15, 0.2) is 66.9 Å². The molecule has 10 nitrogen and oxygen atoms in total. The summed E-state index contributed by atoms with van der Waals surface area (Å²) >= 11 is 0. The van der Waals surface area contributed by atoms with Crippen molar-refractivity contribution in [1.82, 2.24) is 20.5 Å². The molecule has 2 aromatic carbocycles. The number of pyridine rings is 1. The van der Waals surface area contributed by atoms with E-state index in [4.69, 9.17) is 5.11 Å². The molecule has 3 rings (SSSR count). The van der Waals surface area contributed by atoms with Crippen LogP contribution in [0.4, 0.5) is 0 Å². The smallest absolute Gasteiger partial charge is 0.303 e. The first-order chi connectivity index (χ1) is 18.7. The molecule has 0 aliphatic rings. The highest BCUT2D eigenvalue weighted by Crippen LogP contribution is 2.18. The predicted molar refractivity (Wildman–Crippen MR) is 145 cm³/mol. The second kappa shape index (κ2) is 13.8. The van der Waals surface area contributed by atoms with Crippen molar-refractivity contribution in [2.75, 3.05) is 6.54 Å². The molecule has 2 atom stereocenters. The number of carbonyl (C=O) groups excluding carboxylic acids is 4. The van der Waals surface area contributed by atoms with Crippen LogP contribution in [0.1, 0.15) is 42.7 Å². The molecule has 10 heteroatoms. The highest BCUT2D eigenvalue weighted by atomic mass is 16.4. The van der Waals surface area contributed by atoms with E-state index < -0.39 is 42.3 Å². The van der Waals surface area contributed by atoms with Gasteiger partial charge in [-0.3, -0.25) is 24.2 Å². The fraction of sp³-hybridized carbons (Fsp3) is 0.310. The van der Waals surface area contributed by atoms with Crippen LogP contribution >= 0.6 is 0 Å². The number of carboxylic acid groups (broad SMARTS) is 1. The Balaban J connectivity index is 1.82. The highest BCUT2D eigenvalue weighted by molar-refractivity contribution is 6.06. The normalized spacial score (nSPS) is 12.4. The SMILES string of the molecule is CC(C)[C@H](NC(=O)c1nccc2ccccc12)C(=O)N(CC(=O)N[C@@H](C=O)CCC(=O)O)Cc1ccccc1. The van der Waals surface area contributed by atoms with E-state index in [0.29, 0.717) is 11.7 Å². The summed E-state index contributed by atoms with van der Waals surface area (Å²) in [4.78, 5) is 67.7. The van der Waals surface area contributed by atoms with Gasteiger partial charge in [-0.2, -0.15) is 0 Å². The number of aliphatic carboxylic acids is 1. The van der Waals surface area contributed by atoms with Gasteiger partial charge < -0.3 is 25.4 Å². The minimum Gasteiger partial charge on any atom is -0.481 e. The zero-order chi connectivity index (χ0) is 28.4. The van der Waals surface area contributed by atoms with Gasteiger partial charge in [0.05, 0.1) is 12.6 Å². The highest BCUT2D eigenvalue weighted by Gasteiger charge is 2.31. The second-order valence-corrected chi connectivity index (χ2v) is 9.50. The van der Waals surface area contributed by atoms with Gasteiger partial charge in [-0.1, -0.05) is 68.4 Å². The lowest BCUT2D eigenvalue weighted by molar-refractivity contribution is -0.139. The maximum Gasteiger partial charge on any atom is 0.303 e. The van der Waals surface area contributed by atoms with E-state index in [-0.39, 0.29) is 31.0 Å². The first kappa shape index (κ1) is 29.0. The molecular formula is C29H32N4O6. The van der Waals surface area contributed by atoms with Crippen LogP contribution in [0.25, 0.3) is 10.8 Å². The van der Waals surface area contributed by atoms with Gasteiger partial charge in [0.1, 0.15) is 18.0 Å². The number of fused-ring (bicyclic) bond motifs is 1. The molecule has 0 aliphatic carbocycles. The summed E-state index contributed by atoms with van der Waals surface area (Å²) in [7, 11) is 0. The molecule has 0 spiro atoms. The number of rotatable bonds is 13. The Morgan fingerprint density at radius 2 is 1.67 bits per heavy atom. The van der Waals surface area contributed by atoms with E-state index in [1.807, 2.05) is 30.3 Å². The third kappa shape index (κ3) is 8.19. The first-order valence-corrected chi connectivity index (χ1v) is 12.6. The van der Waals surface area contributed by atoms with Gasteiger partial charge in [0, 0.05) is 24.5 Å². The maximum absolute atomic E-state index is 13.8. The summed E-state index contributed by atoms with van der Waals surface area (Å²) in [5, 5.41) is 15.7. The average molecular weight is 533 g/mol. The molecule has 39 heavy (non-hydrogen) atoms. The Kier molecular flexibility index (Phi) is 10.3. The molecule has 3 N–H and O–H groups in total. The molecule has 0 aliphatic heterocycles. The van der Waals surface area contributed by atoms with Crippen molar-refractivity contribution < 1.29 is 29.1 Å². The Hall–Kier alpha value is -4.60. The topological polar surface area (TPSA) is 146 Å². The van der Waals surface area contributed by atoms with E-state index in [1.165, 1.54) is 11.1 Å². The number of nitrogens with zero attached hydrogens (tertiary/aromatic N) is 2. The number of aldehydes is 1. The summed E-state index contributed by atoms with van der Waals surface area (Å²) in [6.45, 7) is 3.26. The van der Waals surface area contributed by atoms with Crippen molar-refractivity contribution in [2.24, 2.45) is 5.92 Å². The van der Waals surface area contributed by atoms with Crippen LogP contribution in [0.2, 0.25) is 0 Å². The number of carbonyl (C=O) groups is 5. The summed E-state index contributed by atoms with van der Waals surface area (Å²) in [6, 6.07) is 16.2. The van der Waals surface area contributed by atoms with Gasteiger partial charge in [0.2, 0.25) is 11.8 Å². The lowest BCUT2D eigenvalue weighted by Gasteiger charge is -2.30. The van der Waals surface area contributed by atoms with Crippen molar-refractivity contribution in [1.29, 1.82) is 0 Å². The summed E-state index contributed by atoms with van der Waals surface area (Å²) in [6.07, 6.45) is 1.64. The molecule has 204 valence electrons. The predicted octanol–water partition coefficient (Wildman–Crippen LogP) is 2.57. The molecule has 1 aromatic heterocycles. The van der Waals surface area contributed by atoms with Gasteiger partial charge in [-0.05, 0) is 29.4 Å². The fourth-order valence-electron chi connectivity index (χ4n) is 4.11. The number of hydrogen-bond donors (Lipinski definition) is 3. The Labute approximate surface area is 226 Å². The summed E-state index contributed by atoms with van der Waals surface area (Å²) in [5.74, 6) is -3.03. The average Bonchev–Trinajstić information content (AvgIpc) is 2.93. The molecule has 1 heterocycles. The van der Waals surface area contributed by atoms with E-state index in [9.17, 15) is 24.0 Å². The molecular weight excluding hydrogens is 500 g/mol. The monoisotopic (exact) mass is 532 g/mol. The van der Waals surface area contributed by atoms with Crippen LogP contribution in [0.5, 0.6) is 0 Å². The van der Waals surface area contributed by atoms with Crippen molar-refractivity contribution in [3.8, 4) is 0 Å². The van der Waals surface area contributed by atoms with E-state index in [0.717, 1.165) is 10.9 Å². The quantitative estimate of drug-likeness (QED) is 0.287. The van der Waals surface area contributed by atoms with E-state index in [2.05, 4.69) is 15.6 Å². The minimum absolute atomic E-state index is 0.0695. The lowest BCUT2D eigenvalue weighted by atomic mass is 10.0.